The normalized spacial score (nSPS) is 17.0. The van der Waals surface area contributed by atoms with E-state index in [9.17, 15) is 0 Å². The van der Waals surface area contributed by atoms with E-state index in [1.165, 1.54) is 5.57 Å². The summed E-state index contributed by atoms with van der Waals surface area (Å²) in [5.41, 5.74) is 1.30. The minimum atomic E-state index is 0.432. The molecule has 3 rings (SSSR count). The zero-order valence-corrected chi connectivity index (χ0v) is 13.3. The van der Waals surface area contributed by atoms with E-state index < -0.39 is 0 Å². The van der Waals surface area contributed by atoms with E-state index >= 15 is 0 Å². The predicted octanol–water partition coefficient (Wildman–Crippen LogP) is 2.95. The van der Waals surface area contributed by atoms with Crippen molar-refractivity contribution >= 4 is 23.5 Å². The minimum Gasteiger partial charge on any atom is -0.465 e. The maximum Gasteiger partial charge on any atom is 0.151 e. The van der Waals surface area contributed by atoms with E-state index in [0.717, 1.165) is 44.3 Å². The minimum absolute atomic E-state index is 0.432. The van der Waals surface area contributed by atoms with Gasteiger partial charge in [-0.05, 0) is 37.3 Å². The smallest absolute Gasteiger partial charge is 0.151 e. The van der Waals surface area contributed by atoms with Gasteiger partial charge in [-0.15, -0.1) is 10.2 Å². The molecule has 3 heterocycles. The third kappa shape index (κ3) is 3.87. The third-order valence-electron chi connectivity index (χ3n) is 3.72. The average Bonchev–Trinajstić information content (AvgIpc) is 3.02. The van der Waals surface area contributed by atoms with E-state index in [1.807, 2.05) is 18.2 Å². The summed E-state index contributed by atoms with van der Waals surface area (Å²) in [5.74, 6) is 1.81. The molecule has 0 radical (unpaired) electrons. The molecule has 0 aliphatic carbocycles. The largest absolute Gasteiger partial charge is 0.465 e. The van der Waals surface area contributed by atoms with E-state index in [4.69, 9.17) is 16.0 Å². The highest BCUT2D eigenvalue weighted by Crippen LogP contribution is 2.15. The summed E-state index contributed by atoms with van der Waals surface area (Å²) in [7, 11) is 0. The van der Waals surface area contributed by atoms with Gasteiger partial charge in [0.2, 0.25) is 0 Å². The van der Waals surface area contributed by atoms with Crippen LogP contribution in [0.2, 0.25) is 5.15 Å². The van der Waals surface area contributed by atoms with Gasteiger partial charge in [-0.2, -0.15) is 0 Å². The van der Waals surface area contributed by atoms with Crippen LogP contribution in [0.3, 0.4) is 0 Å². The summed E-state index contributed by atoms with van der Waals surface area (Å²) < 4.78 is 5.35. The van der Waals surface area contributed by atoms with Crippen LogP contribution in [0.5, 0.6) is 0 Å². The maximum absolute atomic E-state index is 5.78. The summed E-state index contributed by atoms with van der Waals surface area (Å²) >= 11 is 5.78. The van der Waals surface area contributed by atoms with Crippen LogP contribution >= 0.6 is 11.6 Å². The molecule has 6 heteroatoms. The van der Waals surface area contributed by atoms with Gasteiger partial charge >= 0.3 is 0 Å². The molecular weight excluding hydrogens is 300 g/mol. The molecule has 2 aromatic heterocycles. The number of aromatic nitrogens is 2. The lowest BCUT2D eigenvalue weighted by atomic mass is 10.2. The number of rotatable bonds is 4. The first-order valence-corrected chi connectivity index (χ1v) is 7.76. The Kier molecular flexibility index (Phi) is 4.75. The first-order chi connectivity index (χ1) is 10.7. The van der Waals surface area contributed by atoms with Gasteiger partial charge in [0, 0.05) is 32.7 Å². The van der Waals surface area contributed by atoms with Crippen molar-refractivity contribution < 1.29 is 4.42 Å². The van der Waals surface area contributed by atoms with E-state index in [0.29, 0.717) is 5.15 Å². The molecule has 1 aliphatic rings. The maximum atomic E-state index is 5.78. The molecule has 0 unspecified atom stereocenters. The second-order valence-corrected chi connectivity index (χ2v) is 5.87. The molecule has 0 N–H and O–H groups in total. The fraction of sp³-hybridized carbons (Fsp3) is 0.375. The Morgan fingerprint density at radius 1 is 1.23 bits per heavy atom. The Bertz CT molecular complexity index is 616. The lowest BCUT2D eigenvalue weighted by molar-refractivity contribution is 0.278. The van der Waals surface area contributed by atoms with E-state index in [2.05, 4.69) is 33.0 Å². The van der Waals surface area contributed by atoms with Crippen molar-refractivity contribution in [2.24, 2.45) is 0 Å². The number of nitrogens with zero attached hydrogens (tertiary/aromatic N) is 4. The zero-order chi connectivity index (χ0) is 15.4. The highest BCUT2D eigenvalue weighted by molar-refractivity contribution is 6.29. The first kappa shape index (κ1) is 15.1. The van der Waals surface area contributed by atoms with Crippen LogP contribution in [0.15, 0.2) is 40.5 Å². The van der Waals surface area contributed by atoms with Gasteiger partial charge in [0.25, 0.3) is 0 Å². The fourth-order valence-electron chi connectivity index (χ4n) is 2.63. The van der Waals surface area contributed by atoms with Crippen molar-refractivity contribution in [1.82, 2.24) is 15.1 Å². The summed E-state index contributed by atoms with van der Waals surface area (Å²) in [4.78, 5) is 4.68. The van der Waals surface area contributed by atoms with Crippen LogP contribution in [-0.4, -0.2) is 47.8 Å². The summed E-state index contributed by atoms with van der Waals surface area (Å²) in [6.45, 7) is 7.01. The summed E-state index contributed by atoms with van der Waals surface area (Å²) in [5, 5.41) is 8.48. The van der Waals surface area contributed by atoms with Gasteiger partial charge in [-0.25, -0.2) is 0 Å². The van der Waals surface area contributed by atoms with Crippen molar-refractivity contribution in [3.05, 3.63) is 47.0 Å². The molecule has 0 bridgehead atoms. The van der Waals surface area contributed by atoms with Crippen LogP contribution in [0, 0.1) is 0 Å². The van der Waals surface area contributed by atoms with Crippen molar-refractivity contribution in [3.63, 3.8) is 0 Å². The van der Waals surface area contributed by atoms with Crippen molar-refractivity contribution in [2.45, 2.75) is 6.92 Å². The highest BCUT2D eigenvalue weighted by Gasteiger charge is 2.18. The van der Waals surface area contributed by atoms with Crippen LogP contribution in [0.25, 0.3) is 6.08 Å². The fourth-order valence-corrected chi connectivity index (χ4v) is 2.73. The van der Waals surface area contributed by atoms with Gasteiger partial charge in [0.1, 0.15) is 5.76 Å². The van der Waals surface area contributed by atoms with Gasteiger partial charge in [0.15, 0.2) is 11.0 Å². The van der Waals surface area contributed by atoms with Crippen LogP contribution in [0.1, 0.15) is 12.7 Å². The molecule has 0 spiro atoms. The lowest BCUT2D eigenvalue weighted by Crippen LogP contribution is -2.47. The molecular formula is C16H19ClN4O. The molecule has 1 aliphatic heterocycles. The van der Waals surface area contributed by atoms with Crippen LogP contribution in [-0.2, 0) is 0 Å². The molecule has 1 fully saturated rings. The molecule has 0 saturated carbocycles. The van der Waals surface area contributed by atoms with Crippen LogP contribution in [0.4, 0.5) is 5.82 Å². The first-order valence-electron chi connectivity index (χ1n) is 7.38. The van der Waals surface area contributed by atoms with E-state index in [1.54, 1.807) is 12.3 Å². The number of hydrogen-bond acceptors (Lipinski definition) is 5. The zero-order valence-electron chi connectivity index (χ0n) is 12.6. The Morgan fingerprint density at radius 2 is 2.05 bits per heavy atom. The average molecular weight is 319 g/mol. The molecule has 1 saturated heterocycles. The predicted molar refractivity (Wildman–Crippen MR) is 88.1 cm³/mol. The summed E-state index contributed by atoms with van der Waals surface area (Å²) in [6, 6.07) is 7.59. The number of halogens is 1. The van der Waals surface area contributed by atoms with E-state index in [-0.39, 0.29) is 0 Å². The molecule has 0 amide bonds. The second-order valence-electron chi connectivity index (χ2n) is 5.48. The number of piperazine rings is 1. The van der Waals surface area contributed by atoms with Crippen LogP contribution < -0.4 is 4.90 Å². The highest BCUT2D eigenvalue weighted by atomic mass is 35.5. The molecule has 2 aromatic rings. The van der Waals surface area contributed by atoms with Crippen molar-refractivity contribution in [3.8, 4) is 0 Å². The number of anilines is 1. The van der Waals surface area contributed by atoms with Crippen molar-refractivity contribution in [1.29, 1.82) is 0 Å². The number of hydrogen-bond donors (Lipinski definition) is 0. The topological polar surface area (TPSA) is 45.4 Å². The Labute approximate surface area is 135 Å². The SMILES string of the molecule is CC(=Cc1ccco1)CN1CCN(c2ccc(Cl)nn2)CC1. The summed E-state index contributed by atoms with van der Waals surface area (Å²) in [6.07, 6.45) is 3.79. The molecule has 0 atom stereocenters. The molecule has 22 heavy (non-hydrogen) atoms. The molecule has 0 aromatic carbocycles. The Hall–Kier alpha value is -1.85. The van der Waals surface area contributed by atoms with Crippen molar-refractivity contribution in [2.75, 3.05) is 37.6 Å². The Balaban J connectivity index is 1.52. The molecule has 5 nitrogen and oxygen atoms in total. The standard InChI is InChI=1S/C16H19ClN4O/c1-13(11-14-3-2-10-22-14)12-20-6-8-21(9-7-20)16-5-4-15(17)18-19-16/h2-5,10-11H,6-9,12H2,1H3. The van der Waals surface area contributed by atoms with Gasteiger partial charge < -0.3 is 9.32 Å². The monoisotopic (exact) mass is 318 g/mol. The molecule has 116 valence electrons. The Morgan fingerprint density at radius 3 is 2.68 bits per heavy atom. The van der Waals surface area contributed by atoms with Gasteiger partial charge in [-0.1, -0.05) is 17.2 Å². The van der Waals surface area contributed by atoms with Gasteiger partial charge in [0.05, 0.1) is 6.26 Å². The third-order valence-corrected chi connectivity index (χ3v) is 3.92. The quantitative estimate of drug-likeness (QED) is 0.867. The van der Waals surface area contributed by atoms with Gasteiger partial charge in [-0.3, -0.25) is 4.90 Å². The second kappa shape index (κ2) is 6.94. The lowest BCUT2D eigenvalue weighted by Gasteiger charge is -2.35. The number of furan rings is 1.